The van der Waals surface area contributed by atoms with E-state index in [1.165, 1.54) is 24.3 Å². The first-order valence-electron chi connectivity index (χ1n) is 7.93. The Bertz CT molecular complexity index is 1090. The summed E-state index contributed by atoms with van der Waals surface area (Å²) in [6.07, 6.45) is -4.72. The predicted molar refractivity (Wildman–Crippen MR) is 94.8 cm³/mol. The van der Waals surface area contributed by atoms with Gasteiger partial charge in [0.2, 0.25) is 5.82 Å². The zero-order valence-corrected chi connectivity index (χ0v) is 14.7. The number of nitrogens with one attached hydrogen (secondary N) is 2. The highest BCUT2D eigenvalue weighted by Gasteiger charge is 2.30. The van der Waals surface area contributed by atoms with Gasteiger partial charge in [0, 0.05) is 22.6 Å². The average Bonchev–Trinajstić information content (AvgIpc) is 3.28. The number of tetrazole rings is 1. The molecule has 0 saturated carbocycles. The molecule has 0 unspecified atom stereocenters. The van der Waals surface area contributed by atoms with Crippen molar-refractivity contribution in [1.82, 2.24) is 20.6 Å². The molecule has 2 N–H and O–H groups in total. The van der Waals surface area contributed by atoms with Crippen molar-refractivity contribution in [2.75, 3.05) is 5.32 Å². The van der Waals surface area contributed by atoms with Crippen molar-refractivity contribution >= 4 is 28.3 Å². The predicted octanol–water partition coefficient (Wildman–Crippen LogP) is 4.78. The number of alkyl halides is 3. The van der Waals surface area contributed by atoms with Crippen molar-refractivity contribution in [2.24, 2.45) is 0 Å². The van der Waals surface area contributed by atoms with E-state index in [2.05, 4.69) is 30.7 Å². The number of hydrogen-bond acceptors (Lipinski definition) is 6. The highest BCUT2D eigenvalue weighted by molar-refractivity contribution is 6.32. The lowest BCUT2D eigenvalue weighted by Crippen LogP contribution is -2.17. The summed E-state index contributed by atoms with van der Waals surface area (Å²) in [6, 6.07) is 10.7. The number of rotatable bonds is 5. The van der Waals surface area contributed by atoms with Crippen LogP contribution in [0, 0.1) is 0 Å². The fourth-order valence-electron chi connectivity index (χ4n) is 2.58. The van der Waals surface area contributed by atoms with Gasteiger partial charge in [0.15, 0.2) is 5.76 Å². The highest BCUT2D eigenvalue weighted by atomic mass is 35.5. The van der Waals surface area contributed by atoms with Crippen LogP contribution in [-0.2, 0) is 6.54 Å². The van der Waals surface area contributed by atoms with E-state index >= 15 is 0 Å². The smallest absolute Gasteiger partial charge is 0.453 e. The normalized spacial score (nSPS) is 11.7. The van der Waals surface area contributed by atoms with Crippen molar-refractivity contribution in [3.8, 4) is 17.3 Å². The molecule has 2 aromatic carbocycles. The number of nitrogens with zero attached hydrogens (tertiary/aromatic N) is 3. The molecule has 28 heavy (non-hydrogen) atoms. The Kier molecular flexibility index (Phi) is 4.55. The van der Waals surface area contributed by atoms with Gasteiger partial charge >= 0.3 is 6.36 Å². The van der Waals surface area contributed by atoms with E-state index in [0.717, 1.165) is 10.9 Å². The lowest BCUT2D eigenvalue weighted by Gasteiger charge is -2.11. The summed E-state index contributed by atoms with van der Waals surface area (Å²) in [7, 11) is 0. The average molecular weight is 410 g/mol. The molecular formula is C17H11ClF3N5O2. The molecule has 144 valence electrons. The van der Waals surface area contributed by atoms with Crippen LogP contribution in [0.1, 0.15) is 5.56 Å². The Morgan fingerprint density at radius 1 is 1.14 bits per heavy atom. The Morgan fingerprint density at radius 2 is 1.93 bits per heavy atom. The third-order valence-corrected chi connectivity index (χ3v) is 4.17. The molecule has 2 aromatic heterocycles. The molecule has 0 fully saturated rings. The number of H-pyrrole nitrogens is 1. The Balaban J connectivity index is 1.49. The van der Waals surface area contributed by atoms with E-state index < -0.39 is 6.36 Å². The SMILES string of the molecule is FC(F)(F)Oc1ccc(NCc2cc3oc(-c4nn[nH]n4)cc3cc2Cl)cc1. The van der Waals surface area contributed by atoms with Gasteiger partial charge in [-0.3, -0.25) is 0 Å². The van der Waals surface area contributed by atoms with Gasteiger partial charge in [-0.15, -0.1) is 23.4 Å². The van der Waals surface area contributed by atoms with Gasteiger partial charge in [-0.2, -0.15) is 5.21 Å². The molecule has 0 atom stereocenters. The fourth-order valence-corrected chi connectivity index (χ4v) is 2.82. The minimum atomic E-state index is -4.72. The fraction of sp³-hybridized carbons (Fsp3) is 0.118. The molecule has 0 bridgehead atoms. The molecule has 4 aromatic rings. The lowest BCUT2D eigenvalue weighted by molar-refractivity contribution is -0.274. The first-order valence-corrected chi connectivity index (χ1v) is 8.31. The molecular weight excluding hydrogens is 399 g/mol. The van der Waals surface area contributed by atoms with E-state index in [9.17, 15) is 13.2 Å². The van der Waals surface area contributed by atoms with Gasteiger partial charge in [-0.25, -0.2) is 0 Å². The van der Waals surface area contributed by atoms with E-state index in [-0.39, 0.29) is 5.75 Å². The summed E-state index contributed by atoms with van der Waals surface area (Å²) in [6.45, 7) is 0.340. The van der Waals surface area contributed by atoms with Gasteiger partial charge in [0.1, 0.15) is 11.3 Å². The van der Waals surface area contributed by atoms with Gasteiger partial charge in [-0.1, -0.05) is 11.6 Å². The number of hydrogen-bond donors (Lipinski definition) is 2. The zero-order chi connectivity index (χ0) is 19.7. The summed E-state index contributed by atoms with van der Waals surface area (Å²) >= 11 is 6.33. The van der Waals surface area contributed by atoms with Crippen LogP contribution in [0.15, 0.2) is 46.9 Å². The third-order valence-electron chi connectivity index (χ3n) is 3.82. The van der Waals surface area contributed by atoms with Crippen LogP contribution >= 0.6 is 11.6 Å². The molecule has 4 rings (SSSR count). The van der Waals surface area contributed by atoms with Crippen LogP contribution in [0.25, 0.3) is 22.6 Å². The minimum Gasteiger partial charge on any atom is -0.453 e. The number of aromatic nitrogens is 4. The van der Waals surface area contributed by atoms with Crippen LogP contribution in [-0.4, -0.2) is 27.0 Å². The maximum absolute atomic E-state index is 12.2. The molecule has 2 heterocycles. The summed E-state index contributed by atoms with van der Waals surface area (Å²) in [5.74, 6) is 0.487. The summed E-state index contributed by atoms with van der Waals surface area (Å²) in [5, 5.41) is 18.0. The minimum absolute atomic E-state index is 0.290. The number of benzene rings is 2. The van der Waals surface area contributed by atoms with Crippen molar-refractivity contribution in [3.05, 3.63) is 53.1 Å². The second-order valence-corrected chi connectivity index (χ2v) is 6.16. The molecule has 0 spiro atoms. The first-order chi connectivity index (χ1) is 13.4. The number of anilines is 1. The highest BCUT2D eigenvalue weighted by Crippen LogP contribution is 2.30. The van der Waals surface area contributed by atoms with Crippen molar-refractivity contribution in [2.45, 2.75) is 12.9 Å². The van der Waals surface area contributed by atoms with Crippen LogP contribution in [0.4, 0.5) is 18.9 Å². The number of fused-ring (bicyclic) bond motifs is 1. The Morgan fingerprint density at radius 3 is 2.61 bits per heavy atom. The summed E-state index contributed by atoms with van der Waals surface area (Å²) < 4.78 is 46.2. The van der Waals surface area contributed by atoms with Gasteiger partial charge in [-0.05, 0) is 53.2 Å². The molecule has 11 heteroatoms. The second-order valence-electron chi connectivity index (χ2n) is 5.75. The molecule has 0 aliphatic rings. The molecule has 7 nitrogen and oxygen atoms in total. The molecule has 0 radical (unpaired) electrons. The lowest BCUT2D eigenvalue weighted by atomic mass is 10.1. The molecule has 0 aliphatic carbocycles. The summed E-state index contributed by atoms with van der Waals surface area (Å²) in [5.41, 5.74) is 1.95. The van der Waals surface area contributed by atoms with E-state index in [4.69, 9.17) is 16.0 Å². The van der Waals surface area contributed by atoms with Gasteiger partial charge in [0.05, 0.1) is 0 Å². The maximum Gasteiger partial charge on any atom is 0.573 e. The van der Waals surface area contributed by atoms with Crippen molar-refractivity contribution in [1.29, 1.82) is 0 Å². The Labute approximate surface area is 160 Å². The number of ether oxygens (including phenoxy) is 1. The van der Waals surface area contributed by atoms with E-state index in [1.807, 2.05) is 0 Å². The number of furan rings is 1. The quantitative estimate of drug-likeness (QED) is 0.493. The number of aromatic amines is 1. The summed E-state index contributed by atoms with van der Waals surface area (Å²) in [4.78, 5) is 0. The van der Waals surface area contributed by atoms with Crippen LogP contribution in [0.3, 0.4) is 0 Å². The second kappa shape index (κ2) is 7.04. The maximum atomic E-state index is 12.2. The van der Waals surface area contributed by atoms with Crippen molar-refractivity contribution < 1.29 is 22.3 Å². The van der Waals surface area contributed by atoms with Crippen LogP contribution in [0.2, 0.25) is 5.02 Å². The first kappa shape index (κ1) is 18.1. The van der Waals surface area contributed by atoms with Crippen molar-refractivity contribution in [3.63, 3.8) is 0 Å². The molecule has 0 saturated heterocycles. The standard InChI is InChI=1S/C17H11ClF3N5O2/c18-13-5-9-6-15(16-23-25-26-24-16)27-14(9)7-10(13)8-22-11-1-3-12(4-2-11)28-17(19,20)21/h1-7,22H,8H2,(H,23,24,25,26). The van der Waals surface area contributed by atoms with E-state index in [1.54, 1.807) is 18.2 Å². The van der Waals surface area contributed by atoms with Crippen LogP contribution < -0.4 is 10.1 Å². The van der Waals surface area contributed by atoms with Gasteiger partial charge in [0.25, 0.3) is 0 Å². The molecule has 0 amide bonds. The largest absolute Gasteiger partial charge is 0.573 e. The Hall–Kier alpha value is -3.27. The van der Waals surface area contributed by atoms with E-state index in [0.29, 0.717) is 34.4 Å². The van der Waals surface area contributed by atoms with Gasteiger partial charge < -0.3 is 14.5 Å². The topological polar surface area (TPSA) is 88.9 Å². The number of halogens is 4. The zero-order valence-electron chi connectivity index (χ0n) is 13.9. The molecule has 0 aliphatic heterocycles. The monoisotopic (exact) mass is 409 g/mol. The third kappa shape index (κ3) is 4.01. The van der Waals surface area contributed by atoms with Crippen LogP contribution in [0.5, 0.6) is 5.75 Å².